The zero-order valence-corrected chi connectivity index (χ0v) is 13.4. The van der Waals surface area contributed by atoms with Gasteiger partial charge in [-0.05, 0) is 44.0 Å². The minimum Gasteiger partial charge on any atom is -0.507 e. The van der Waals surface area contributed by atoms with Crippen LogP contribution in [0.4, 0.5) is 0 Å². The Kier molecular flexibility index (Phi) is 6.54. The van der Waals surface area contributed by atoms with Crippen LogP contribution in [0.25, 0.3) is 0 Å². The van der Waals surface area contributed by atoms with E-state index in [1.807, 2.05) is 12.1 Å². The van der Waals surface area contributed by atoms with E-state index in [1.165, 1.54) is 32.1 Å². The van der Waals surface area contributed by atoms with Gasteiger partial charge < -0.3 is 10.4 Å². The summed E-state index contributed by atoms with van der Waals surface area (Å²) in [4.78, 5) is 4.38. The molecule has 0 unspecified atom stereocenters. The second-order valence-corrected chi connectivity index (χ2v) is 6.30. The van der Waals surface area contributed by atoms with Crippen LogP contribution in [0.5, 0.6) is 5.75 Å². The second-order valence-electron chi connectivity index (χ2n) is 5.38. The lowest BCUT2D eigenvalue weighted by atomic mass is 9.95. The molecule has 0 atom stereocenters. The van der Waals surface area contributed by atoms with Gasteiger partial charge in [0.15, 0.2) is 0 Å². The minimum atomic E-state index is 0.275. The number of aliphatic imine (C=N–C) groups is 1. The lowest BCUT2D eigenvalue weighted by molar-refractivity contribution is 0.373. The van der Waals surface area contributed by atoms with E-state index in [4.69, 9.17) is 0 Å². The molecule has 0 spiro atoms. The first-order chi connectivity index (χ1) is 9.75. The quantitative estimate of drug-likeness (QED) is 0.610. The summed E-state index contributed by atoms with van der Waals surface area (Å²) in [6, 6.07) is 6.09. The van der Waals surface area contributed by atoms with Crippen LogP contribution in [-0.4, -0.2) is 30.5 Å². The minimum absolute atomic E-state index is 0.275. The molecule has 2 N–H and O–H groups in total. The van der Waals surface area contributed by atoms with Crippen molar-refractivity contribution in [3.05, 3.63) is 28.2 Å². The van der Waals surface area contributed by atoms with Crippen LogP contribution in [0.1, 0.15) is 44.1 Å². The summed E-state index contributed by atoms with van der Waals surface area (Å²) in [5.41, 5.74) is 0.764. The number of nitrogens with zero attached hydrogens (tertiary/aromatic N) is 1. The van der Waals surface area contributed by atoms with Crippen LogP contribution in [0.15, 0.2) is 27.7 Å². The lowest BCUT2D eigenvalue weighted by Crippen LogP contribution is -2.31. The van der Waals surface area contributed by atoms with E-state index in [-0.39, 0.29) is 5.75 Å². The Morgan fingerprint density at radius 1 is 1.30 bits per heavy atom. The Morgan fingerprint density at radius 3 is 2.90 bits per heavy atom. The number of aromatic hydroxyl groups is 1. The van der Waals surface area contributed by atoms with Crippen molar-refractivity contribution in [3.8, 4) is 5.75 Å². The molecule has 1 saturated carbocycles. The number of phenols is 1. The molecule has 1 aromatic rings. The van der Waals surface area contributed by atoms with Gasteiger partial charge in [0, 0.05) is 28.8 Å². The van der Waals surface area contributed by atoms with Crippen LogP contribution >= 0.6 is 15.9 Å². The van der Waals surface area contributed by atoms with Gasteiger partial charge in [0.25, 0.3) is 0 Å². The maximum Gasteiger partial charge on any atom is 0.124 e. The van der Waals surface area contributed by atoms with Crippen LogP contribution < -0.4 is 5.32 Å². The summed E-state index contributed by atoms with van der Waals surface area (Å²) in [7, 11) is 0. The number of halogens is 1. The van der Waals surface area contributed by atoms with Crippen molar-refractivity contribution in [2.24, 2.45) is 4.99 Å². The zero-order valence-electron chi connectivity index (χ0n) is 11.8. The molecule has 0 aromatic heterocycles. The molecule has 0 radical (unpaired) electrons. The first-order valence-corrected chi connectivity index (χ1v) is 8.27. The Hall–Kier alpha value is -0.870. The van der Waals surface area contributed by atoms with E-state index >= 15 is 0 Å². The van der Waals surface area contributed by atoms with Crippen molar-refractivity contribution < 1.29 is 5.11 Å². The summed E-state index contributed by atoms with van der Waals surface area (Å²) >= 11 is 3.39. The number of rotatable bonds is 6. The maximum absolute atomic E-state index is 9.68. The average molecular weight is 339 g/mol. The highest BCUT2D eigenvalue weighted by molar-refractivity contribution is 9.10. The molecule has 2 rings (SSSR count). The molecule has 3 nitrogen and oxygen atoms in total. The van der Waals surface area contributed by atoms with Gasteiger partial charge in [0.2, 0.25) is 0 Å². The summed E-state index contributed by atoms with van der Waals surface area (Å²) in [5.74, 6) is 0.275. The van der Waals surface area contributed by atoms with Gasteiger partial charge in [-0.2, -0.15) is 0 Å². The van der Waals surface area contributed by atoms with Crippen molar-refractivity contribution in [2.75, 3.05) is 13.1 Å². The SMILES string of the molecule is Oc1ccc(Br)cc1C=NCCCNC1CCCCC1. The maximum atomic E-state index is 9.68. The van der Waals surface area contributed by atoms with E-state index in [9.17, 15) is 5.11 Å². The first kappa shape index (κ1) is 15.5. The molecule has 0 saturated heterocycles. The molecule has 0 bridgehead atoms. The molecule has 1 aliphatic carbocycles. The molecule has 0 amide bonds. The molecular weight excluding hydrogens is 316 g/mol. The van der Waals surface area contributed by atoms with E-state index in [2.05, 4.69) is 26.2 Å². The molecule has 4 heteroatoms. The third-order valence-corrected chi connectivity index (χ3v) is 4.22. The third-order valence-electron chi connectivity index (χ3n) is 3.72. The predicted molar refractivity (Wildman–Crippen MR) is 87.8 cm³/mol. The smallest absolute Gasteiger partial charge is 0.124 e. The zero-order chi connectivity index (χ0) is 14.2. The van der Waals surface area contributed by atoms with E-state index in [0.717, 1.165) is 35.6 Å². The Morgan fingerprint density at radius 2 is 2.10 bits per heavy atom. The number of hydrogen-bond acceptors (Lipinski definition) is 3. The number of benzene rings is 1. The summed E-state index contributed by atoms with van der Waals surface area (Å²) in [5, 5.41) is 13.3. The van der Waals surface area contributed by atoms with Gasteiger partial charge in [-0.25, -0.2) is 0 Å². The summed E-state index contributed by atoms with van der Waals surface area (Å²) < 4.78 is 0.954. The summed E-state index contributed by atoms with van der Waals surface area (Å²) in [6.45, 7) is 1.83. The molecule has 1 fully saturated rings. The normalized spacial score (nSPS) is 16.9. The molecule has 1 aliphatic rings. The lowest BCUT2D eigenvalue weighted by Gasteiger charge is -2.22. The van der Waals surface area contributed by atoms with Gasteiger partial charge in [-0.1, -0.05) is 35.2 Å². The molecule has 0 heterocycles. The van der Waals surface area contributed by atoms with Crippen LogP contribution in [0.2, 0.25) is 0 Å². The van der Waals surface area contributed by atoms with Crippen molar-refractivity contribution in [2.45, 2.75) is 44.6 Å². The fourth-order valence-electron chi connectivity index (χ4n) is 2.57. The number of phenolic OH excluding ortho intramolecular Hbond substituents is 1. The fourth-order valence-corrected chi connectivity index (χ4v) is 2.95. The highest BCUT2D eigenvalue weighted by Crippen LogP contribution is 2.20. The Labute approximate surface area is 129 Å². The third kappa shape index (κ3) is 5.25. The fraction of sp³-hybridized carbons (Fsp3) is 0.562. The second kappa shape index (κ2) is 8.42. The summed E-state index contributed by atoms with van der Waals surface area (Å²) in [6.07, 6.45) is 9.60. The highest BCUT2D eigenvalue weighted by Gasteiger charge is 2.11. The van der Waals surface area contributed by atoms with Gasteiger partial charge in [-0.3, -0.25) is 4.99 Å². The standard InChI is InChI=1S/C16H23BrN2O/c17-14-7-8-16(20)13(11-14)12-18-9-4-10-19-15-5-2-1-3-6-15/h7-8,11-12,15,19-20H,1-6,9-10H2. The number of hydrogen-bond donors (Lipinski definition) is 2. The highest BCUT2D eigenvalue weighted by atomic mass is 79.9. The van der Waals surface area contributed by atoms with Crippen LogP contribution in [0.3, 0.4) is 0 Å². The van der Waals surface area contributed by atoms with Gasteiger partial charge in [0.05, 0.1) is 0 Å². The van der Waals surface area contributed by atoms with Gasteiger partial charge in [-0.15, -0.1) is 0 Å². The van der Waals surface area contributed by atoms with Crippen molar-refractivity contribution in [3.63, 3.8) is 0 Å². The van der Waals surface area contributed by atoms with Gasteiger partial charge in [0.1, 0.15) is 5.75 Å². The van der Waals surface area contributed by atoms with Crippen molar-refractivity contribution in [1.29, 1.82) is 0 Å². The monoisotopic (exact) mass is 338 g/mol. The van der Waals surface area contributed by atoms with Gasteiger partial charge >= 0.3 is 0 Å². The topological polar surface area (TPSA) is 44.6 Å². The molecular formula is C16H23BrN2O. The van der Waals surface area contributed by atoms with Crippen molar-refractivity contribution >= 4 is 22.1 Å². The number of nitrogens with one attached hydrogen (secondary N) is 1. The Bertz CT molecular complexity index is 442. The van der Waals surface area contributed by atoms with E-state index in [1.54, 1.807) is 12.3 Å². The van der Waals surface area contributed by atoms with Crippen LogP contribution in [0, 0.1) is 0 Å². The molecule has 0 aliphatic heterocycles. The predicted octanol–water partition coefficient (Wildman–Crippen LogP) is 3.89. The van der Waals surface area contributed by atoms with E-state index < -0.39 is 0 Å². The Balaban J connectivity index is 1.65. The largest absolute Gasteiger partial charge is 0.507 e. The van der Waals surface area contributed by atoms with E-state index in [0.29, 0.717) is 0 Å². The molecule has 20 heavy (non-hydrogen) atoms. The molecule has 110 valence electrons. The first-order valence-electron chi connectivity index (χ1n) is 7.47. The van der Waals surface area contributed by atoms with Crippen LogP contribution in [-0.2, 0) is 0 Å². The molecule has 1 aromatic carbocycles. The van der Waals surface area contributed by atoms with Crippen molar-refractivity contribution in [1.82, 2.24) is 5.32 Å². The average Bonchev–Trinajstić information content (AvgIpc) is 2.47.